The monoisotopic (exact) mass is 251 g/mol. The summed E-state index contributed by atoms with van der Waals surface area (Å²) in [5, 5.41) is 0. The number of nitrogens with one attached hydrogen (secondary N) is 1. The van der Waals surface area contributed by atoms with Gasteiger partial charge in [0.2, 0.25) is 0 Å². The molecule has 0 aromatic carbocycles. The molecule has 4 atom stereocenters. The molecule has 0 bridgehead atoms. The molecule has 1 aromatic heterocycles. The highest BCUT2D eigenvalue weighted by Crippen LogP contribution is 2.39. The second-order valence-corrected chi connectivity index (χ2v) is 5.57. The molecule has 0 spiro atoms. The first kappa shape index (κ1) is 13.4. The predicted octanol–water partition coefficient (Wildman–Crippen LogP) is 2.80. The third-order valence-electron chi connectivity index (χ3n) is 4.36. The average molecular weight is 251 g/mol. The summed E-state index contributed by atoms with van der Waals surface area (Å²) in [6, 6.07) is 3.20. The maximum atomic E-state index is 12.9. The maximum absolute atomic E-state index is 12.9. The number of halogens is 1. The fraction of sp³-hybridized carbons (Fsp3) is 0.643. The number of rotatable bonds is 3. The Bertz CT molecular complexity index is 379. The van der Waals surface area contributed by atoms with E-state index < -0.39 is 0 Å². The molecule has 18 heavy (non-hydrogen) atoms. The van der Waals surface area contributed by atoms with Crippen LogP contribution in [-0.4, -0.2) is 4.98 Å². The molecular weight excluding hydrogens is 229 g/mol. The Kier molecular flexibility index (Phi) is 4.30. The van der Waals surface area contributed by atoms with Crippen LogP contribution in [0.1, 0.15) is 44.8 Å². The van der Waals surface area contributed by atoms with Gasteiger partial charge in [-0.25, -0.2) is 4.39 Å². The summed E-state index contributed by atoms with van der Waals surface area (Å²) in [4.78, 5) is 4.15. The highest BCUT2D eigenvalue weighted by atomic mass is 19.1. The minimum absolute atomic E-state index is 0.0283. The fourth-order valence-electron chi connectivity index (χ4n) is 2.93. The summed E-state index contributed by atoms with van der Waals surface area (Å²) in [6.07, 6.45) is 4.79. The normalized spacial score (nSPS) is 30.1. The lowest BCUT2D eigenvalue weighted by atomic mass is 9.73. The number of hydrazine groups is 1. The second-order valence-electron chi connectivity index (χ2n) is 5.57. The Hall–Kier alpha value is -1.00. The van der Waals surface area contributed by atoms with E-state index in [9.17, 15) is 4.39 Å². The van der Waals surface area contributed by atoms with Crippen molar-refractivity contribution in [1.82, 2.24) is 10.4 Å². The molecule has 0 saturated heterocycles. The third-order valence-corrected chi connectivity index (χ3v) is 4.36. The number of hydrogen-bond donors (Lipinski definition) is 2. The highest BCUT2D eigenvalue weighted by molar-refractivity contribution is 5.11. The van der Waals surface area contributed by atoms with Crippen LogP contribution in [0.3, 0.4) is 0 Å². The fourth-order valence-corrected chi connectivity index (χ4v) is 2.93. The van der Waals surface area contributed by atoms with Crippen LogP contribution in [0.25, 0.3) is 0 Å². The van der Waals surface area contributed by atoms with Crippen LogP contribution in [-0.2, 0) is 0 Å². The number of aromatic nitrogens is 1. The van der Waals surface area contributed by atoms with Gasteiger partial charge in [-0.05, 0) is 42.7 Å². The Labute approximate surface area is 108 Å². The molecule has 0 radical (unpaired) electrons. The van der Waals surface area contributed by atoms with E-state index in [-0.39, 0.29) is 11.9 Å². The lowest BCUT2D eigenvalue weighted by Gasteiger charge is -2.36. The molecule has 1 aliphatic rings. The molecule has 1 saturated carbocycles. The third kappa shape index (κ3) is 2.87. The lowest BCUT2D eigenvalue weighted by molar-refractivity contribution is 0.169. The summed E-state index contributed by atoms with van der Waals surface area (Å²) in [7, 11) is 0. The van der Waals surface area contributed by atoms with Crippen LogP contribution in [0.4, 0.5) is 4.39 Å². The van der Waals surface area contributed by atoms with Crippen molar-refractivity contribution >= 4 is 0 Å². The Morgan fingerprint density at radius 1 is 1.33 bits per heavy atom. The van der Waals surface area contributed by atoms with Crippen molar-refractivity contribution in [3.63, 3.8) is 0 Å². The predicted molar refractivity (Wildman–Crippen MR) is 69.9 cm³/mol. The van der Waals surface area contributed by atoms with Crippen molar-refractivity contribution < 1.29 is 4.39 Å². The van der Waals surface area contributed by atoms with E-state index in [1.54, 1.807) is 6.07 Å². The largest absolute Gasteiger partial charge is 0.271 e. The van der Waals surface area contributed by atoms with Crippen LogP contribution in [0, 0.1) is 23.6 Å². The molecule has 1 heterocycles. The number of hydrogen-bond acceptors (Lipinski definition) is 3. The van der Waals surface area contributed by atoms with E-state index in [0.29, 0.717) is 11.8 Å². The molecule has 100 valence electrons. The summed E-state index contributed by atoms with van der Waals surface area (Å²) in [6.45, 7) is 4.60. The van der Waals surface area contributed by atoms with Gasteiger partial charge < -0.3 is 0 Å². The van der Waals surface area contributed by atoms with Crippen molar-refractivity contribution in [2.24, 2.45) is 23.6 Å². The highest BCUT2D eigenvalue weighted by Gasteiger charge is 2.31. The first-order valence-corrected chi connectivity index (χ1v) is 6.69. The van der Waals surface area contributed by atoms with Gasteiger partial charge in [0.05, 0.1) is 17.9 Å². The first-order chi connectivity index (χ1) is 8.61. The van der Waals surface area contributed by atoms with Crippen LogP contribution in [0.2, 0.25) is 0 Å². The van der Waals surface area contributed by atoms with Gasteiger partial charge >= 0.3 is 0 Å². The smallest absolute Gasteiger partial charge is 0.141 e. The van der Waals surface area contributed by atoms with E-state index in [2.05, 4.69) is 24.3 Å². The van der Waals surface area contributed by atoms with Gasteiger partial charge in [0.25, 0.3) is 0 Å². The minimum Gasteiger partial charge on any atom is -0.271 e. The van der Waals surface area contributed by atoms with E-state index in [0.717, 1.165) is 24.5 Å². The van der Waals surface area contributed by atoms with E-state index in [4.69, 9.17) is 5.84 Å². The number of pyridine rings is 1. The van der Waals surface area contributed by atoms with Gasteiger partial charge in [-0.15, -0.1) is 0 Å². The molecule has 3 N–H and O–H groups in total. The molecule has 4 heteroatoms. The molecule has 1 fully saturated rings. The standard InChI is InChI=1S/C14H22FN3/c1-9-3-4-11(7-10(9)2)14(18-16)13-6-5-12(15)8-17-13/h5-6,8-11,14,18H,3-4,7,16H2,1-2H3. The molecule has 1 aliphatic carbocycles. The summed E-state index contributed by atoms with van der Waals surface area (Å²) in [5.41, 5.74) is 3.70. The maximum Gasteiger partial charge on any atom is 0.141 e. The molecule has 0 aliphatic heterocycles. The van der Waals surface area contributed by atoms with Crippen molar-refractivity contribution in [3.8, 4) is 0 Å². The van der Waals surface area contributed by atoms with Crippen molar-refractivity contribution in [3.05, 3.63) is 29.8 Å². The summed E-state index contributed by atoms with van der Waals surface area (Å²) < 4.78 is 12.9. The van der Waals surface area contributed by atoms with E-state index >= 15 is 0 Å². The molecule has 0 amide bonds. The first-order valence-electron chi connectivity index (χ1n) is 6.69. The van der Waals surface area contributed by atoms with Crippen molar-refractivity contribution in [2.75, 3.05) is 0 Å². The molecule has 4 unspecified atom stereocenters. The second kappa shape index (κ2) is 5.76. The zero-order chi connectivity index (χ0) is 13.1. The Morgan fingerprint density at radius 3 is 2.67 bits per heavy atom. The average Bonchev–Trinajstić information content (AvgIpc) is 2.37. The zero-order valence-corrected chi connectivity index (χ0v) is 11.1. The van der Waals surface area contributed by atoms with Gasteiger partial charge in [-0.2, -0.15) is 0 Å². The Morgan fingerprint density at radius 2 is 2.11 bits per heavy atom. The molecule has 3 nitrogen and oxygen atoms in total. The zero-order valence-electron chi connectivity index (χ0n) is 11.1. The topological polar surface area (TPSA) is 50.9 Å². The van der Waals surface area contributed by atoms with Crippen LogP contribution in [0.15, 0.2) is 18.3 Å². The molecule has 2 rings (SSSR count). The van der Waals surface area contributed by atoms with E-state index in [1.165, 1.54) is 18.7 Å². The minimum atomic E-state index is -0.305. The molecule has 1 aromatic rings. The van der Waals surface area contributed by atoms with Gasteiger partial charge in [0, 0.05) is 0 Å². The number of nitrogens with zero attached hydrogens (tertiary/aromatic N) is 1. The van der Waals surface area contributed by atoms with Crippen LogP contribution < -0.4 is 11.3 Å². The van der Waals surface area contributed by atoms with Gasteiger partial charge in [-0.3, -0.25) is 16.3 Å². The van der Waals surface area contributed by atoms with Crippen molar-refractivity contribution in [1.29, 1.82) is 0 Å². The van der Waals surface area contributed by atoms with Crippen molar-refractivity contribution in [2.45, 2.75) is 39.2 Å². The van der Waals surface area contributed by atoms with Gasteiger partial charge in [0.1, 0.15) is 5.82 Å². The van der Waals surface area contributed by atoms with Crippen LogP contribution in [0.5, 0.6) is 0 Å². The summed E-state index contributed by atoms with van der Waals surface area (Å²) >= 11 is 0. The quantitative estimate of drug-likeness (QED) is 0.641. The molecular formula is C14H22FN3. The Balaban J connectivity index is 2.11. The number of nitrogens with two attached hydrogens (primary N) is 1. The summed E-state index contributed by atoms with van der Waals surface area (Å²) in [5.74, 6) is 7.34. The van der Waals surface area contributed by atoms with Crippen LogP contribution >= 0.6 is 0 Å². The lowest BCUT2D eigenvalue weighted by Crippen LogP contribution is -2.37. The van der Waals surface area contributed by atoms with E-state index in [1.807, 2.05) is 0 Å². The van der Waals surface area contributed by atoms with Gasteiger partial charge in [0.15, 0.2) is 0 Å². The van der Waals surface area contributed by atoms with Gasteiger partial charge in [-0.1, -0.05) is 20.3 Å². The SMILES string of the molecule is CC1CCC(C(NN)c2ccc(F)cn2)CC1C.